The van der Waals surface area contributed by atoms with E-state index in [9.17, 15) is 5.11 Å². The third kappa shape index (κ3) is 1.88. The van der Waals surface area contributed by atoms with Gasteiger partial charge in [-0.1, -0.05) is 12.1 Å². The maximum atomic E-state index is 11.0. The normalized spacial score (nSPS) is 34.9. The van der Waals surface area contributed by atoms with E-state index in [-0.39, 0.29) is 12.2 Å². The molecule has 0 radical (unpaired) electrons. The van der Waals surface area contributed by atoms with Crippen LogP contribution in [0.3, 0.4) is 0 Å². The van der Waals surface area contributed by atoms with Gasteiger partial charge in [-0.25, -0.2) is 0 Å². The molecule has 18 heavy (non-hydrogen) atoms. The average molecular weight is 246 g/mol. The molecular weight excluding hydrogens is 224 g/mol. The predicted octanol–water partition coefficient (Wildman–Crippen LogP) is 3.14. The maximum absolute atomic E-state index is 11.0. The van der Waals surface area contributed by atoms with Gasteiger partial charge in [-0.05, 0) is 55.9 Å². The standard InChI is InChI=1S/C16H22O2/c1-10-6-12(3)15(7-11(10)2)16(17)8-13-4-5-14(9-16)18-13/h6-7,13-14,17H,4-5,8-9H2,1-3H3. The molecule has 0 saturated carbocycles. The topological polar surface area (TPSA) is 29.5 Å². The summed E-state index contributed by atoms with van der Waals surface area (Å²) in [4.78, 5) is 0. The molecule has 1 aromatic rings. The lowest BCUT2D eigenvalue weighted by Crippen LogP contribution is -2.39. The van der Waals surface area contributed by atoms with Crippen molar-refractivity contribution in [1.29, 1.82) is 0 Å². The summed E-state index contributed by atoms with van der Waals surface area (Å²) >= 11 is 0. The summed E-state index contributed by atoms with van der Waals surface area (Å²) in [5.41, 5.74) is 4.22. The van der Waals surface area contributed by atoms with Gasteiger partial charge in [0.15, 0.2) is 0 Å². The van der Waals surface area contributed by atoms with Gasteiger partial charge in [0, 0.05) is 12.8 Å². The van der Waals surface area contributed by atoms with Gasteiger partial charge >= 0.3 is 0 Å². The number of ether oxygens (including phenoxy) is 1. The van der Waals surface area contributed by atoms with E-state index in [0.717, 1.165) is 31.2 Å². The van der Waals surface area contributed by atoms with E-state index in [4.69, 9.17) is 4.74 Å². The second-order valence-corrected chi connectivity index (χ2v) is 6.15. The lowest BCUT2D eigenvalue weighted by molar-refractivity contribution is -0.115. The Labute approximate surface area is 109 Å². The first-order chi connectivity index (χ1) is 8.48. The van der Waals surface area contributed by atoms with Crippen molar-refractivity contribution in [3.8, 4) is 0 Å². The van der Waals surface area contributed by atoms with E-state index < -0.39 is 5.60 Å². The van der Waals surface area contributed by atoms with Crippen LogP contribution in [0.4, 0.5) is 0 Å². The van der Waals surface area contributed by atoms with Crippen molar-refractivity contribution in [3.63, 3.8) is 0 Å². The van der Waals surface area contributed by atoms with Crippen molar-refractivity contribution >= 4 is 0 Å². The predicted molar refractivity (Wildman–Crippen MR) is 71.7 cm³/mol. The molecule has 2 saturated heterocycles. The molecule has 0 aromatic heterocycles. The molecule has 0 aliphatic carbocycles. The van der Waals surface area contributed by atoms with Crippen molar-refractivity contribution in [3.05, 3.63) is 34.4 Å². The molecule has 2 heteroatoms. The lowest BCUT2D eigenvalue weighted by atomic mass is 9.80. The number of rotatable bonds is 1. The van der Waals surface area contributed by atoms with Crippen molar-refractivity contribution in [2.45, 2.75) is 64.3 Å². The van der Waals surface area contributed by atoms with Crippen LogP contribution < -0.4 is 0 Å². The number of aliphatic hydroxyl groups is 1. The van der Waals surface area contributed by atoms with Gasteiger partial charge in [-0.15, -0.1) is 0 Å². The zero-order valence-corrected chi connectivity index (χ0v) is 11.5. The minimum Gasteiger partial charge on any atom is -0.385 e. The van der Waals surface area contributed by atoms with Crippen LogP contribution in [0.1, 0.15) is 47.9 Å². The molecule has 2 heterocycles. The molecule has 2 nitrogen and oxygen atoms in total. The third-order valence-electron chi connectivity index (χ3n) is 4.67. The Morgan fingerprint density at radius 1 is 1.00 bits per heavy atom. The molecule has 2 bridgehead atoms. The maximum Gasteiger partial charge on any atom is 0.0948 e. The summed E-state index contributed by atoms with van der Waals surface area (Å²) in [6.45, 7) is 6.36. The summed E-state index contributed by atoms with van der Waals surface area (Å²) in [5.74, 6) is 0. The van der Waals surface area contributed by atoms with Gasteiger partial charge in [-0.3, -0.25) is 0 Å². The van der Waals surface area contributed by atoms with E-state index >= 15 is 0 Å². The molecule has 2 atom stereocenters. The highest BCUT2D eigenvalue weighted by atomic mass is 16.5. The van der Waals surface area contributed by atoms with Crippen LogP contribution in [0.5, 0.6) is 0 Å². The quantitative estimate of drug-likeness (QED) is 0.825. The van der Waals surface area contributed by atoms with Gasteiger partial charge in [-0.2, -0.15) is 0 Å². The number of hydrogen-bond donors (Lipinski definition) is 1. The summed E-state index contributed by atoms with van der Waals surface area (Å²) in [6.07, 6.45) is 4.25. The van der Waals surface area contributed by atoms with E-state index in [1.165, 1.54) is 16.7 Å². The highest BCUT2D eigenvalue weighted by Crippen LogP contribution is 2.45. The van der Waals surface area contributed by atoms with Crippen molar-refractivity contribution in [2.75, 3.05) is 0 Å². The Balaban J connectivity index is 2.01. The summed E-state index contributed by atoms with van der Waals surface area (Å²) < 4.78 is 5.85. The molecule has 3 rings (SSSR count). The van der Waals surface area contributed by atoms with Gasteiger partial charge in [0.25, 0.3) is 0 Å². The molecule has 0 amide bonds. The second kappa shape index (κ2) is 4.07. The number of aryl methyl sites for hydroxylation is 3. The zero-order chi connectivity index (χ0) is 12.9. The highest BCUT2D eigenvalue weighted by molar-refractivity contribution is 5.40. The van der Waals surface area contributed by atoms with Gasteiger partial charge in [0.05, 0.1) is 17.8 Å². The fraction of sp³-hybridized carbons (Fsp3) is 0.625. The Bertz CT molecular complexity index is 466. The molecule has 1 N–H and O–H groups in total. The smallest absolute Gasteiger partial charge is 0.0948 e. The van der Waals surface area contributed by atoms with Crippen LogP contribution in [0, 0.1) is 20.8 Å². The fourth-order valence-corrected chi connectivity index (χ4v) is 3.60. The molecule has 1 aromatic carbocycles. The SMILES string of the molecule is Cc1cc(C)c(C2(O)CC3CCC(C2)O3)cc1C. The average Bonchev–Trinajstić information content (AvgIpc) is 2.64. The molecule has 2 aliphatic heterocycles. The van der Waals surface area contributed by atoms with Gasteiger partial charge < -0.3 is 9.84 Å². The molecule has 2 aliphatic rings. The van der Waals surface area contributed by atoms with Crippen molar-refractivity contribution < 1.29 is 9.84 Å². The Kier molecular flexibility index (Phi) is 2.76. The minimum absolute atomic E-state index is 0.259. The second-order valence-electron chi connectivity index (χ2n) is 6.15. The monoisotopic (exact) mass is 246 g/mol. The van der Waals surface area contributed by atoms with Gasteiger partial charge in [0.1, 0.15) is 0 Å². The van der Waals surface area contributed by atoms with Crippen LogP contribution in [0.2, 0.25) is 0 Å². The molecule has 98 valence electrons. The lowest BCUT2D eigenvalue weighted by Gasteiger charge is -2.38. The first-order valence-corrected chi connectivity index (χ1v) is 6.94. The third-order valence-corrected chi connectivity index (χ3v) is 4.67. The fourth-order valence-electron chi connectivity index (χ4n) is 3.60. The Hall–Kier alpha value is -0.860. The van der Waals surface area contributed by atoms with Crippen molar-refractivity contribution in [2.24, 2.45) is 0 Å². The van der Waals surface area contributed by atoms with Crippen LogP contribution >= 0.6 is 0 Å². The number of fused-ring (bicyclic) bond motifs is 2. The number of benzene rings is 1. The summed E-state index contributed by atoms with van der Waals surface area (Å²) in [5, 5.41) is 11.0. The van der Waals surface area contributed by atoms with E-state index in [0.29, 0.717) is 0 Å². The Morgan fingerprint density at radius 2 is 1.56 bits per heavy atom. The molecule has 0 spiro atoms. The summed E-state index contributed by atoms with van der Waals surface area (Å²) in [7, 11) is 0. The Morgan fingerprint density at radius 3 is 2.17 bits per heavy atom. The van der Waals surface area contributed by atoms with Crippen molar-refractivity contribution in [1.82, 2.24) is 0 Å². The molecule has 2 unspecified atom stereocenters. The number of hydrogen-bond acceptors (Lipinski definition) is 2. The highest BCUT2D eigenvalue weighted by Gasteiger charge is 2.45. The van der Waals surface area contributed by atoms with Gasteiger partial charge in [0.2, 0.25) is 0 Å². The first-order valence-electron chi connectivity index (χ1n) is 6.94. The van der Waals surface area contributed by atoms with Crippen LogP contribution in [-0.4, -0.2) is 17.3 Å². The molecular formula is C16H22O2. The van der Waals surface area contributed by atoms with Crippen LogP contribution in [0.15, 0.2) is 12.1 Å². The van der Waals surface area contributed by atoms with E-state index in [1.807, 2.05) is 0 Å². The van der Waals surface area contributed by atoms with E-state index in [2.05, 4.69) is 32.9 Å². The zero-order valence-electron chi connectivity index (χ0n) is 11.5. The van der Waals surface area contributed by atoms with Crippen LogP contribution in [0.25, 0.3) is 0 Å². The van der Waals surface area contributed by atoms with Crippen LogP contribution in [-0.2, 0) is 10.3 Å². The largest absolute Gasteiger partial charge is 0.385 e. The molecule has 2 fully saturated rings. The van der Waals surface area contributed by atoms with E-state index in [1.54, 1.807) is 0 Å². The first kappa shape index (κ1) is 12.2. The summed E-state index contributed by atoms with van der Waals surface area (Å²) in [6, 6.07) is 4.37. The minimum atomic E-state index is -0.674.